The topological polar surface area (TPSA) is 66.4 Å². The van der Waals surface area contributed by atoms with E-state index in [1.54, 1.807) is 0 Å². The minimum Gasteiger partial charge on any atom is -0.481 e. The van der Waals surface area contributed by atoms with Crippen molar-refractivity contribution in [3.8, 4) is 0 Å². The number of carboxylic acids is 1. The van der Waals surface area contributed by atoms with Gasteiger partial charge in [-0.15, -0.1) is 11.8 Å². The first-order valence-corrected chi connectivity index (χ1v) is 6.10. The Morgan fingerprint density at radius 2 is 1.88 bits per heavy atom. The van der Waals surface area contributed by atoms with Crippen LogP contribution in [0.1, 0.15) is 19.3 Å². The number of unbranched alkanes of at least 4 members (excludes halogenated alkanes) is 1. The maximum absolute atomic E-state index is 11.7. The molecule has 0 aromatic carbocycles. The first-order chi connectivity index (χ1) is 7.81. The Bertz CT molecular complexity index is 258. The summed E-state index contributed by atoms with van der Waals surface area (Å²) in [4.78, 5) is 21.1. The molecule has 0 saturated heterocycles. The standard InChI is InChI=1S/C9H14F3NO3S/c10-9(11,12)6-17-5-7(14)13-4-2-1-3-8(15)16/h1-6H2,(H,13,14)(H,15,16). The number of hydrogen-bond donors (Lipinski definition) is 2. The Labute approximate surface area is 101 Å². The van der Waals surface area contributed by atoms with E-state index in [2.05, 4.69) is 5.32 Å². The third kappa shape index (κ3) is 13.0. The molecule has 2 N–H and O–H groups in total. The molecule has 0 aliphatic rings. The lowest BCUT2D eigenvalue weighted by Gasteiger charge is -2.06. The highest BCUT2D eigenvalue weighted by Gasteiger charge is 2.27. The third-order valence-corrected chi connectivity index (χ3v) is 2.64. The highest BCUT2D eigenvalue weighted by Crippen LogP contribution is 2.20. The molecule has 0 aromatic rings. The lowest BCUT2D eigenvalue weighted by molar-refractivity contribution is -0.137. The molecular formula is C9H14F3NO3S. The summed E-state index contributed by atoms with van der Waals surface area (Å²) in [6.07, 6.45) is -3.29. The van der Waals surface area contributed by atoms with Crippen molar-refractivity contribution >= 4 is 23.6 Å². The minimum absolute atomic E-state index is 0.0265. The number of amides is 1. The highest BCUT2D eigenvalue weighted by molar-refractivity contribution is 8.00. The maximum atomic E-state index is 11.7. The monoisotopic (exact) mass is 273 g/mol. The van der Waals surface area contributed by atoms with Crippen LogP contribution >= 0.6 is 11.8 Å². The first kappa shape index (κ1) is 16.1. The summed E-state index contributed by atoms with van der Waals surface area (Å²) in [5.41, 5.74) is 0. The summed E-state index contributed by atoms with van der Waals surface area (Å²) in [6, 6.07) is 0. The summed E-state index contributed by atoms with van der Waals surface area (Å²) >= 11 is 0.506. The molecule has 4 nitrogen and oxygen atoms in total. The van der Waals surface area contributed by atoms with Crippen molar-refractivity contribution in [2.24, 2.45) is 0 Å². The van der Waals surface area contributed by atoms with Gasteiger partial charge in [0.1, 0.15) is 0 Å². The summed E-state index contributed by atoms with van der Waals surface area (Å²) in [5, 5.41) is 10.7. The normalized spacial score (nSPS) is 11.2. The number of aliphatic carboxylic acids is 1. The predicted octanol–water partition coefficient (Wildman–Crippen LogP) is 1.65. The molecule has 0 aliphatic carbocycles. The van der Waals surface area contributed by atoms with Crippen LogP contribution in [0.4, 0.5) is 13.2 Å². The molecule has 0 unspecified atom stereocenters. The number of thioether (sulfide) groups is 1. The number of nitrogens with one attached hydrogen (secondary N) is 1. The zero-order valence-corrected chi connectivity index (χ0v) is 9.86. The van der Waals surface area contributed by atoms with Gasteiger partial charge in [0, 0.05) is 13.0 Å². The first-order valence-electron chi connectivity index (χ1n) is 4.94. The maximum Gasteiger partial charge on any atom is 0.397 e. The molecule has 0 fully saturated rings. The molecule has 0 heterocycles. The van der Waals surface area contributed by atoms with E-state index in [1.807, 2.05) is 0 Å². The van der Waals surface area contributed by atoms with Gasteiger partial charge in [0.15, 0.2) is 0 Å². The van der Waals surface area contributed by atoms with Crippen LogP contribution in [0.25, 0.3) is 0 Å². The van der Waals surface area contributed by atoms with E-state index in [-0.39, 0.29) is 12.2 Å². The molecule has 100 valence electrons. The average molecular weight is 273 g/mol. The fourth-order valence-corrected chi connectivity index (χ4v) is 1.56. The summed E-state index contributed by atoms with van der Waals surface area (Å²) in [7, 11) is 0. The summed E-state index contributed by atoms with van der Waals surface area (Å²) in [6.45, 7) is 0.290. The lowest BCUT2D eigenvalue weighted by atomic mass is 10.2. The van der Waals surface area contributed by atoms with E-state index < -0.39 is 23.8 Å². The SMILES string of the molecule is O=C(O)CCCCNC(=O)CSCC(F)(F)F. The fourth-order valence-electron chi connectivity index (χ4n) is 0.940. The third-order valence-electron chi connectivity index (χ3n) is 1.64. The quantitative estimate of drug-likeness (QED) is 0.660. The van der Waals surface area contributed by atoms with Crippen LogP contribution in [0.3, 0.4) is 0 Å². The van der Waals surface area contributed by atoms with Gasteiger partial charge >= 0.3 is 12.1 Å². The van der Waals surface area contributed by atoms with Crippen molar-refractivity contribution in [3.05, 3.63) is 0 Å². The zero-order chi connectivity index (χ0) is 13.3. The molecule has 0 atom stereocenters. The van der Waals surface area contributed by atoms with E-state index in [9.17, 15) is 22.8 Å². The average Bonchev–Trinajstić information content (AvgIpc) is 2.14. The molecule has 1 amide bonds. The fraction of sp³-hybridized carbons (Fsp3) is 0.778. The summed E-state index contributed by atoms with van der Waals surface area (Å²) in [5.74, 6) is -2.65. The van der Waals surface area contributed by atoms with Gasteiger partial charge in [-0.25, -0.2) is 0 Å². The van der Waals surface area contributed by atoms with Crippen LogP contribution < -0.4 is 5.32 Å². The van der Waals surface area contributed by atoms with E-state index in [0.29, 0.717) is 31.1 Å². The predicted molar refractivity (Wildman–Crippen MR) is 57.9 cm³/mol. The van der Waals surface area contributed by atoms with Gasteiger partial charge in [0.05, 0.1) is 11.5 Å². The van der Waals surface area contributed by atoms with Crippen molar-refractivity contribution in [1.29, 1.82) is 0 Å². The number of carbonyl (C=O) groups excluding carboxylic acids is 1. The lowest BCUT2D eigenvalue weighted by Crippen LogP contribution is -2.27. The largest absolute Gasteiger partial charge is 0.481 e. The van der Waals surface area contributed by atoms with Gasteiger partial charge in [-0.1, -0.05) is 0 Å². The summed E-state index contributed by atoms with van der Waals surface area (Å²) < 4.78 is 35.2. The molecule has 0 rings (SSSR count). The van der Waals surface area contributed by atoms with Crippen LogP contribution in [0.15, 0.2) is 0 Å². The molecule has 8 heteroatoms. The van der Waals surface area contributed by atoms with Crippen LogP contribution in [0.2, 0.25) is 0 Å². The Hall–Kier alpha value is -0.920. The number of carboxylic acid groups (broad SMARTS) is 1. The number of carbonyl (C=O) groups is 2. The Morgan fingerprint density at radius 3 is 2.41 bits per heavy atom. The highest BCUT2D eigenvalue weighted by atomic mass is 32.2. The molecule has 0 saturated carbocycles. The van der Waals surface area contributed by atoms with E-state index >= 15 is 0 Å². The molecule has 0 aromatic heterocycles. The van der Waals surface area contributed by atoms with E-state index in [4.69, 9.17) is 5.11 Å². The Kier molecular flexibility index (Phi) is 7.77. The molecule has 0 bridgehead atoms. The van der Waals surface area contributed by atoms with E-state index in [0.717, 1.165) is 0 Å². The Balaban J connectivity index is 3.38. The number of halogens is 3. The second kappa shape index (κ2) is 8.21. The van der Waals surface area contributed by atoms with Gasteiger partial charge in [0.25, 0.3) is 0 Å². The van der Waals surface area contributed by atoms with Crippen molar-refractivity contribution in [2.45, 2.75) is 25.4 Å². The zero-order valence-electron chi connectivity index (χ0n) is 9.05. The van der Waals surface area contributed by atoms with Gasteiger partial charge < -0.3 is 10.4 Å². The van der Waals surface area contributed by atoms with Crippen LogP contribution in [0, 0.1) is 0 Å². The second-order valence-electron chi connectivity index (χ2n) is 3.31. The number of rotatable bonds is 8. The molecule has 0 aliphatic heterocycles. The van der Waals surface area contributed by atoms with Gasteiger partial charge in [-0.2, -0.15) is 13.2 Å². The van der Waals surface area contributed by atoms with Gasteiger partial charge in [-0.05, 0) is 12.8 Å². The smallest absolute Gasteiger partial charge is 0.397 e. The van der Waals surface area contributed by atoms with Crippen molar-refractivity contribution in [3.63, 3.8) is 0 Å². The van der Waals surface area contributed by atoms with Crippen LogP contribution in [0.5, 0.6) is 0 Å². The minimum atomic E-state index is -4.26. The number of alkyl halides is 3. The van der Waals surface area contributed by atoms with Gasteiger partial charge in [-0.3, -0.25) is 9.59 Å². The van der Waals surface area contributed by atoms with Crippen molar-refractivity contribution < 1.29 is 27.9 Å². The molecule has 0 radical (unpaired) electrons. The van der Waals surface area contributed by atoms with Crippen LogP contribution in [-0.2, 0) is 9.59 Å². The Morgan fingerprint density at radius 1 is 1.24 bits per heavy atom. The molecule has 17 heavy (non-hydrogen) atoms. The second-order valence-corrected chi connectivity index (χ2v) is 4.29. The van der Waals surface area contributed by atoms with Crippen molar-refractivity contribution in [1.82, 2.24) is 5.32 Å². The van der Waals surface area contributed by atoms with E-state index in [1.165, 1.54) is 0 Å². The molecular weight excluding hydrogens is 259 g/mol. The number of hydrogen-bond acceptors (Lipinski definition) is 3. The van der Waals surface area contributed by atoms with Crippen LogP contribution in [-0.4, -0.2) is 41.2 Å². The van der Waals surface area contributed by atoms with Gasteiger partial charge in [0.2, 0.25) is 5.91 Å². The molecule has 0 spiro atoms. The van der Waals surface area contributed by atoms with Crippen molar-refractivity contribution in [2.75, 3.05) is 18.1 Å².